The predicted octanol–water partition coefficient (Wildman–Crippen LogP) is 7.13. The number of rotatable bonds is 15. The lowest BCUT2D eigenvalue weighted by molar-refractivity contribution is -0.184. The summed E-state index contributed by atoms with van der Waals surface area (Å²) in [4.78, 5) is 17.8. The van der Waals surface area contributed by atoms with Gasteiger partial charge in [0.1, 0.15) is 0 Å². The van der Waals surface area contributed by atoms with Gasteiger partial charge in [-0.1, -0.05) is 19.1 Å². The number of hydrogen-bond donors (Lipinski definition) is 1. The van der Waals surface area contributed by atoms with E-state index in [0.717, 1.165) is 25.1 Å². The van der Waals surface area contributed by atoms with E-state index in [4.69, 9.17) is 4.74 Å². The van der Waals surface area contributed by atoms with Crippen molar-refractivity contribution in [2.24, 2.45) is 17.8 Å². The van der Waals surface area contributed by atoms with Gasteiger partial charge >= 0.3 is 12.8 Å². The Kier molecular flexibility index (Phi) is 12.4. The second kappa shape index (κ2) is 16.4. The van der Waals surface area contributed by atoms with Gasteiger partial charge in [0.25, 0.3) is 5.91 Å². The topological polar surface area (TPSA) is 103 Å². The quantitative estimate of drug-likeness (QED) is 0.195. The molecule has 1 aliphatic heterocycles. The van der Waals surface area contributed by atoms with Crippen LogP contribution in [0.5, 0.6) is 0 Å². The third kappa shape index (κ3) is 9.94. The van der Waals surface area contributed by atoms with E-state index in [1.807, 2.05) is 4.90 Å². The van der Waals surface area contributed by atoms with Gasteiger partial charge in [0.2, 0.25) is 0 Å². The molecule has 1 saturated heterocycles. The van der Waals surface area contributed by atoms with Gasteiger partial charge in [-0.2, -0.15) is 27.2 Å². The van der Waals surface area contributed by atoms with Crippen molar-refractivity contribution < 1.29 is 39.9 Å². The summed E-state index contributed by atoms with van der Waals surface area (Å²) in [5.74, 6) is -1.03. The molecule has 2 aromatic carbocycles. The molecule has 8 nitrogen and oxygen atoms in total. The lowest BCUT2D eigenvalue weighted by Crippen LogP contribution is -2.43. The Hall–Kier alpha value is -3.28. The van der Waals surface area contributed by atoms with E-state index >= 15 is 0 Å². The van der Waals surface area contributed by atoms with Crippen LogP contribution in [0.2, 0.25) is 0 Å². The van der Waals surface area contributed by atoms with Crippen molar-refractivity contribution in [3.05, 3.63) is 59.7 Å². The standard InChI is InChI=1S/C36H45F5N4O4S/c1-2-50(47,48)32-15-9-26(10-16-32)33(17-18-42)43-34(46)27-7-13-29(14-8-27)45-22-30(19-31(45)23-49-35(37)38)44(20-24-3-4-24)21-25-5-11-28(12-6-25)36(39,40)41/h7-10,13-16,24-25,28,30-31,33,35H,2-6,11-12,17,19-23H2,1H3,(H,43,46)/t25?,28?,30-,31+,33+/m1/s1. The van der Waals surface area contributed by atoms with E-state index < -0.39 is 40.5 Å². The molecule has 3 fully saturated rings. The number of carbonyl (C=O) groups is 1. The number of nitriles is 1. The largest absolute Gasteiger partial charge is 0.391 e. The minimum Gasteiger partial charge on any atom is -0.365 e. The molecule has 2 aliphatic carbocycles. The van der Waals surface area contributed by atoms with Crippen molar-refractivity contribution in [3.8, 4) is 6.07 Å². The van der Waals surface area contributed by atoms with E-state index in [1.165, 1.54) is 12.1 Å². The average Bonchev–Trinajstić information content (AvgIpc) is 3.81. The van der Waals surface area contributed by atoms with Crippen molar-refractivity contribution in [2.45, 2.75) is 94.1 Å². The summed E-state index contributed by atoms with van der Waals surface area (Å²) in [5.41, 5.74) is 1.63. The van der Waals surface area contributed by atoms with Crippen LogP contribution in [0.15, 0.2) is 53.4 Å². The van der Waals surface area contributed by atoms with Crippen molar-refractivity contribution in [1.82, 2.24) is 10.2 Å². The predicted molar refractivity (Wildman–Crippen MR) is 178 cm³/mol. The summed E-state index contributed by atoms with van der Waals surface area (Å²) in [5, 5.41) is 12.3. The first-order valence-electron chi connectivity index (χ1n) is 17.3. The normalized spacial score (nSPS) is 23.6. The highest BCUT2D eigenvalue weighted by atomic mass is 32.2. The Bertz CT molecular complexity index is 1570. The molecule has 5 rings (SSSR count). The van der Waals surface area contributed by atoms with Gasteiger partial charge in [-0.05, 0) is 98.7 Å². The molecule has 0 bridgehead atoms. The Morgan fingerprint density at radius 1 is 1.00 bits per heavy atom. The number of sulfone groups is 1. The molecular weight excluding hydrogens is 679 g/mol. The fraction of sp³-hybridized carbons (Fsp3) is 0.611. The zero-order valence-corrected chi connectivity index (χ0v) is 28.9. The maximum atomic E-state index is 13.3. The smallest absolute Gasteiger partial charge is 0.365 e. The molecule has 1 heterocycles. The van der Waals surface area contributed by atoms with Crippen LogP contribution in [0, 0.1) is 29.1 Å². The summed E-state index contributed by atoms with van der Waals surface area (Å²) in [6.07, 6.45) is -0.105. The Labute approximate surface area is 290 Å². The Morgan fingerprint density at radius 2 is 1.60 bits per heavy atom. The Morgan fingerprint density at radius 3 is 2.12 bits per heavy atom. The lowest BCUT2D eigenvalue weighted by atomic mass is 9.81. The number of hydrogen-bond acceptors (Lipinski definition) is 7. The van der Waals surface area contributed by atoms with Crippen LogP contribution in [0.1, 0.15) is 80.3 Å². The van der Waals surface area contributed by atoms with Gasteiger partial charge in [-0.25, -0.2) is 8.42 Å². The fourth-order valence-corrected chi connectivity index (χ4v) is 8.17. The summed E-state index contributed by atoms with van der Waals surface area (Å²) in [6, 6.07) is 13.9. The molecule has 2 saturated carbocycles. The van der Waals surface area contributed by atoms with Crippen molar-refractivity contribution in [1.29, 1.82) is 5.26 Å². The number of anilines is 1. The van der Waals surface area contributed by atoms with Gasteiger partial charge in [0, 0.05) is 36.9 Å². The van der Waals surface area contributed by atoms with Crippen LogP contribution in [0.3, 0.4) is 0 Å². The van der Waals surface area contributed by atoms with Gasteiger partial charge < -0.3 is 15.0 Å². The molecular formula is C36H45F5N4O4S. The molecule has 14 heteroatoms. The number of nitrogens with one attached hydrogen (secondary N) is 1. The van der Waals surface area contributed by atoms with Crippen LogP contribution in [0.25, 0.3) is 0 Å². The van der Waals surface area contributed by atoms with Crippen molar-refractivity contribution in [3.63, 3.8) is 0 Å². The minimum atomic E-state index is -4.16. The first-order valence-corrected chi connectivity index (χ1v) is 19.0. The van der Waals surface area contributed by atoms with Crippen LogP contribution in [0.4, 0.5) is 27.6 Å². The van der Waals surface area contributed by atoms with E-state index in [9.17, 15) is 40.4 Å². The number of benzene rings is 2. The van der Waals surface area contributed by atoms with Crippen molar-refractivity contribution >= 4 is 21.4 Å². The highest BCUT2D eigenvalue weighted by molar-refractivity contribution is 7.91. The highest BCUT2D eigenvalue weighted by Gasteiger charge is 2.43. The van der Waals surface area contributed by atoms with Gasteiger partial charge in [0.05, 0.1) is 47.7 Å². The minimum absolute atomic E-state index is 0.00984. The Balaban J connectivity index is 1.27. The molecule has 3 aliphatic rings. The van der Waals surface area contributed by atoms with E-state index in [1.54, 1.807) is 43.3 Å². The number of ether oxygens (including phenoxy) is 1. The SMILES string of the molecule is CCS(=O)(=O)c1ccc([C@H](CC#N)NC(=O)c2ccc(N3C[C@H](N(CC4CC4)CC4CCC(C(F)(F)F)CC4)C[C@H]3COC(F)F)cc2)cc1. The second-order valence-corrected chi connectivity index (χ2v) is 16.1. The zero-order valence-electron chi connectivity index (χ0n) is 28.1. The lowest BCUT2D eigenvalue weighted by Gasteiger charge is -2.36. The summed E-state index contributed by atoms with van der Waals surface area (Å²) >= 11 is 0. The third-order valence-corrected chi connectivity index (χ3v) is 12.1. The first-order chi connectivity index (χ1) is 23.8. The molecule has 0 spiro atoms. The third-order valence-electron chi connectivity index (χ3n) is 10.4. The first kappa shape index (κ1) is 38.0. The van der Waals surface area contributed by atoms with Gasteiger partial charge in [0.15, 0.2) is 9.84 Å². The maximum absolute atomic E-state index is 13.3. The molecule has 1 N–H and O–H groups in total. The van der Waals surface area contributed by atoms with Crippen molar-refractivity contribution in [2.75, 3.05) is 36.9 Å². The van der Waals surface area contributed by atoms with E-state index in [2.05, 4.69) is 16.3 Å². The summed E-state index contributed by atoms with van der Waals surface area (Å²) in [7, 11) is -3.40. The number of nitrogens with zero attached hydrogens (tertiary/aromatic N) is 3. The molecule has 1 amide bonds. The van der Waals surface area contributed by atoms with Gasteiger partial charge in [-0.3, -0.25) is 9.69 Å². The molecule has 50 heavy (non-hydrogen) atoms. The monoisotopic (exact) mass is 724 g/mol. The average molecular weight is 725 g/mol. The highest BCUT2D eigenvalue weighted by Crippen LogP contribution is 2.41. The van der Waals surface area contributed by atoms with E-state index in [-0.39, 0.29) is 54.5 Å². The molecule has 0 unspecified atom stereocenters. The number of alkyl halides is 5. The van der Waals surface area contributed by atoms with Crippen LogP contribution >= 0.6 is 0 Å². The summed E-state index contributed by atoms with van der Waals surface area (Å²) < 4.78 is 95.3. The summed E-state index contributed by atoms with van der Waals surface area (Å²) in [6.45, 7) is 0.472. The van der Waals surface area contributed by atoms with Crippen LogP contribution < -0.4 is 10.2 Å². The van der Waals surface area contributed by atoms with E-state index in [0.29, 0.717) is 49.4 Å². The fourth-order valence-electron chi connectivity index (χ4n) is 7.29. The molecule has 3 atom stereocenters. The second-order valence-electron chi connectivity index (χ2n) is 13.9. The zero-order chi connectivity index (χ0) is 36.1. The molecule has 2 aromatic rings. The molecule has 0 radical (unpaired) electrons. The number of amides is 1. The van der Waals surface area contributed by atoms with Crippen LogP contribution in [-0.4, -0.2) is 76.1 Å². The maximum Gasteiger partial charge on any atom is 0.391 e. The van der Waals surface area contributed by atoms with Gasteiger partial charge in [-0.15, -0.1) is 0 Å². The molecule has 0 aromatic heterocycles. The molecule has 274 valence electrons. The van der Waals surface area contributed by atoms with Crippen LogP contribution in [-0.2, 0) is 14.6 Å². The number of halogens is 5. The number of carbonyl (C=O) groups excluding carboxylic acids is 1.